The van der Waals surface area contributed by atoms with E-state index in [-0.39, 0.29) is 11.4 Å². The van der Waals surface area contributed by atoms with Gasteiger partial charge in [-0.1, -0.05) is 12.1 Å². The van der Waals surface area contributed by atoms with E-state index in [1.165, 1.54) is 12.1 Å². The van der Waals surface area contributed by atoms with Crippen LogP contribution >= 0.6 is 0 Å². The van der Waals surface area contributed by atoms with E-state index in [1.54, 1.807) is 37.4 Å². The van der Waals surface area contributed by atoms with Crippen molar-refractivity contribution in [1.82, 2.24) is 0 Å². The summed E-state index contributed by atoms with van der Waals surface area (Å²) < 4.78 is 5.52. The summed E-state index contributed by atoms with van der Waals surface area (Å²) in [6.45, 7) is 0. The molecule has 0 saturated heterocycles. The highest BCUT2D eigenvalue weighted by molar-refractivity contribution is 5.68. The number of anilines is 1. The van der Waals surface area contributed by atoms with Crippen LogP contribution < -0.4 is 10.1 Å². The first kappa shape index (κ1) is 13.4. The summed E-state index contributed by atoms with van der Waals surface area (Å²) in [7, 11) is 1.60. The summed E-state index contributed by atoms with van der Waals surface area (Å²) in [4.78, 5) is 10.6. The van der Waals surface area contributed by atoms with E-state index in [2.05, 4.69) is 5.32 Å². The van der Waals surface area contributed by atoms with Crippen LogP contribution in [0.4, 0.5) is 11.4 Å². The number of para-hydroxylation sites is 1. The standard InChI is InChI=1S/C14H11N3O3/c1-16-12-6-3-7-13(14(12)17(18)19)20-11-5-2-4-10(8-11)9-15/h2-8,16H,1H3. The lowest BCUT2D eigenvalue weighted by Crippen LogP contribution is -1.99. The number of nitro benzene ring substituents is 1. The molecular formula is C14H11N3O3. The molecule has 0 aliphatic heterocycles. The van der Waals surface area contributed by atoms with Gasteiger partial charge in [-0.2, -0.15) is 5.26 Å². The number of nitrogens with zero attached hydrogens (tertiary/aromatic N) is 2. The molecule has 0 heterocycles. The maximum atomic E-state index is 11.1. The normalized spacial score (nSPS) is 9.60. The molecule has 0 fully saturated rings. The Labute approximate surface area is 115 Å². The van der Waals surface area contributed by atoms with E-state index < -0.39 is 4.92 Å². The molecule has 0 radical (unpaired) electrons. The number of nitrogens with one attached hydrogen (secondary N) is 1. The molecule has 0 aromatic heterocycles. The molecule has 2 aromatic rings. The van der Waals surface area contributed by atoms with Gasteiger partial charge in [-0.25, -0.2) is 0 Å². The average molecular weight is 269 g/mol. The highest BCUT2D eigenvalue weighted by Crippen LogP contribution is 2.37. The highest BCUT2D eigenvalue weighted by Gasteiger charge is 2.20. The molecule has 100 valence electrons. The third kappa shape index (κ3) is 2.67. The molecule has 2 rings (SSSR count). The molecule has 1 N–H and O–H groups in total. The first-order valence-electron chi connectivity index (χ1n) is 5.79. The van der Waals surface area contributed by atoms with Crippen LogP contribution in [0.15, 0.2) is 42.5 Å². The van der Waals surface area contributed by atoms with Crippen molar-refractivity contribution >= 4 is 11.4 Å². The molecule has 6 nitrogen and oxygen atoms in total. The van der Waals surface area contributed by atoms with Crippen LogP contribution in [0.1, 0.15) is 5.56 Å². The minimum atomic E-state index is -0.505. The van der Waals surface area contributed by atoms with Gasteiger partial charge in [-0.15, -0.1) is 0 Å². The van der Waals surface area contributed by atoms with Gasteiger partial charge in [0.15, 0.2) is 0 Å². The fourth-order valence-corrected chi connectivity index (χ4v) is 1.75. The predicted molar refractivity (Wildman–Crippen MR) is 73.9 cm³/mol. The topological polar surface area (TPSA) is 88.2 Å². The Balaban J connectivity index is 2.43. The Kier molecular flexibility index (Phi) is 3.82. The van der Waals surface area contributed by atoms with Gasteiger partial charge in [0.2, 0.25) is 5.75 Å². The number of hydrogen-bond acceptors (Lipinski definition) is 5. The van der Waals surface area contributed by atoms with Gasteiger partial charge in [0.05, 0.1) is 16.6 Å². The number of nitro groups is 1. The van der Waals surface area contributed by atoms with Gasteiger partial charge < -0.3 is 10.1 Å². The average Bonchev–Trinajstić information content (AvgIpc) is 2.46. The SMILES string of the molecule is CNc1cccc(Oc2cccc(C#N)c2)c1[N+](=O)[O-]. The van der Waals surface area contributed by atoms with Crippen LogP contribution in [0.25, 0.3) is 0 Å². The number of ether oxygens (including phenoxy) is 1. The Bertz CT molecular complexity index is 692. The minimum Gasteiger partial charge on any atom is -0.450 e. The van der Waals surface area contributed by atoms with Crippen LogP contribution in [-0.2, 0) is 0 Å². The van der Waals surface area contributed by atoms with Crippen LogP contribution in [0.3, 0.4) is 0 Å². The van der Waals surface area contributed by atoms with Crippen LogP contribution in [0, 0.1) is 21.4 Å². The molecule has 20 heavy (non-hydrogen) atoms. The summed E-state index contributed by atoms with van der Waals surface area (Å²) >= 11 is 0. The lowest BCUT2D eigenvalue weighted by molar-refractivity contribution is -0.384. The Morgan fingerprint density at radius 1 is 1.30 bits per heavy atom. The van der Waals surface area contributed by atoms with Crippen molar-refractivity contribution in [3.8, 4) is 17.6 Å². The molecule has 0 unspecified atom stereocenters. The minimum absolute atomic E-state index is 0.122. The van der Waals surface area contributed by atoms with Crippen molar-refractivity contribution in [3.63, 3.8) is 0 Å². The number of nitriles is 1. The Hall–Kier alpha value is -3.07. The summed E-state index contributed by atoms with van der Waals surface area (Å²) in [6, 6.07) is 13.2. The zero-order valence-corrected chi connectivity index (χ0v) is 10.7. The summed E-state index contributed by atoms with van der Waals surface area (Å²) in [6.07, 6.45) is 0. The Morgan fingerprint density at radius 2 is 2.05 bits per heavy atom. The molecule has 0 saturated carbocycles. The monoisotopic (exact) mass is 269 g/mol. The van der Waals surface area contributed by atoms with Gasteiger partial charge in [-0.3, -0.25) is 10.1 Å². The van der Waals surface area contributed by atoms with Crippen LogP contribution in [0.2, 0.25) is 0 Å². The molecule has 0 atom stereocenters. The third-order valence-corrected chi connectivity index (χ3v) is 2.64. The smallest absolute Gasteiger partial charge is 0.334 e. The van der Waals surface area contributed by atoms with E-state index in [4.69, 9.17) is 10.00 Å². The molecule has 6 heteroatoms. The largest absolute Gasteiger partial charge is 0.450 e. The second kappa shape index (κ2) is 5.71. The van der Waals surface area contributed by atoms with Crippen molar-refractivity contribution < 1.29 is 9.66 Å². The molecule has 0 aliphatic carbocycles. The van der Waals surface area contributed by atoms with E-state index in [1.807, 2.05) is 6.07 Å². The number of hydrogen-bond donors (Lipinski definition) is 1. The third-order valence-electron chi connectivity index (χ3n) is 2.64. The number of rotatable bonds is 4. The Morgan fingerprint density at radius 3 is 2.70 bits per heavy atom. The van der Waals surface area contributed by atoms with Gasteiger partial charge in [0.25, 0.3) is 0 Å². The van der Waals surface area contributed by atoms with E-state index in [0.717, 1.165) is 0 Å². The summed E-state index contributed by atoms with van der Waals surface area (Å²) in [5.74, 6) is 0.498. The number of benzene rings is 2. The van der Waals surface area contributed by atoms with Gasteiger partial charge in [0.1, 0.15) is 11.4 Å². The molecule has 0 bridgehead atoms. The molecular weight excluding hydrogens is 258 g/mol. The summed E-state index contributed by atoms with van der Waals surface area (Å²) in [5.41, 5.74) is 0.649. The quantitative estimate of drug-likeness (QED) is 0.679. The van der Waals surface area contributed by atoms with Gasteiger partial charge in [-0.05, 0) is 30.3 Å². The maximum Gasteiger partial charge on any atom is 0.334 e. The zero-order chi connectivity index (χ0) is 14.5. The lowest BCUT2D eigenvalue weighted by Gasteiger charge is -2.09. The molecule has 0 spiro atoms. The predicted octanol–water partition coefficient (Wildman–Crippen LogP) is 3.30. The highest BCUT2D eigenvalue weighted by atomic mass is 16.6. The van der Waals surface area contributed by atoms with Crippen molar-refractivity contribution in [2.24, 2.45) is 0 Å². The summed E-state index contributed by atoms with van der Waals surface area (Å²) in [5, 5.41) is 22.7. The van der Waals surface area contributed by atoms with Crippen molar-refractivity contribution in [3.05, 3.63) is 58.1 Å². The first-order valence-corrected chi connectivity index (χ1v) is 5.79. The van der Waals surface area contributed by atoms with E-state index >= 15 is 0 Å². The molecule has 0 amide bonds. The zero-order valence-electron chi connectivity index (χ0n) is 10.7. The fourth-order valence-electron chi connectivity index (χ4n) is 1.75. The van der Waals surface area contributed by atoms with Crippen molar-refractivity contribution in [1.29, 1.82) is 5.26 Å². The van der Waals surface area contributed by atoms with Gasteiger partial charge >= 0.3 is 5.69 Å². The van der Waals surface area contributed by atoms with Crippen molar-refractivity contribution in [2.75, 3.05) is 12.4 Å². The van der Waals surface area contributed by atoms with Crippen LogP contribution in [-0.4, -0.2) is 12.0 Å². The molecule has 0 aliphatic rings. The fraction of sp³-hybridized carbons (Fsp3) is 0.0714. The van der Waals surface area contributed by atoms with Gasteiger partial charge in [0, 0.05) is 7.05 Å². The van der Waals surface area contributed by atoms with E-state index in [9.17, 15) is 10.1 Å². The lowest BCUT2D eigenvalue weighted by atomic mass is 10.2. The second-order valence-electron chi connectivity index (χ2n) is 3.90. The molecule has 2 aromatic carbocycles. The van der Waals surface area contributed by atoms with Crippen molar-refractivity contribution in [2.45, 2.75) is 0 Å². The second-order valence-corrected chi connectivity index (χ2v) is 3.90. The van der Waals surface area contributed by atoms with Crippen LogP contribution in [0.5, 0.6) is 11.5 Å². The first-order chi connectivity index (χ1) is 9.65. The maximum absolute atomic E-state index is 11.1. The van der Waals surface area contributed by atoms with E-state index in [0.29, 0.717) is 17.0 Å².